The summed E-state index contributed by atoms with van der Waals surface area (Å²) in [7, 11) is 0. The normalized spacial score (nSPS) is 14.3. The first-order chi connectivity index (χ1) is 18.7. The quantitative estimate of drug-likeness (QED) is 0.204. The Bertz CT molecular complexity index is 1530. The molecule has 0 saturated carbocycles. The van der Waals surface area contributed by atoms with Crippen LogP contribution in [0.3, 0.4) is 0 Å². The Hall–Kier alpha value is -4.55. The first kappa shape index (κ1) is 23.8. The van der Waals surface area contributed by atoms with Crippen LogP contribution in [-0.4, -0.2) is 19.3 Å². The van der Waals surface area contributed by atoms with Crippen molar-refractivity contribution in [1.82, 2.24) is 0 Å². The standard InChI is InChI=1S/C32H26O6/c33-30-17-31(38-32-16-25(11-12-29(30)32)36-20-28-21-37-28)24-13-26(34-18-22-7-3-1-4-8-22)15-27(14-24)35-19-23-9-5-2-6-10-23/h1-17,28H,18-21H2/t28-/m1/s1. The molecule has 4 aromatic carbocycles. The Labute approximate surface area is 220 Å². The smallest absolute Gasteiger partial charge is 0.193 e. The summed E-state index contributed by atoms with van der Waals surface area (Å²) in [6, 6.07) is 32.2. The maximum absolute atomic E-state index is 13.0. The van der Waals surface area contributed by atoms with Gasteiger partial charge in [-0.3, -0.25) is 4.79 Å². The topological polar surface area (TPSA) is 70.4 Å². The van der Waals surface area contributed by atoms with Crippen molar-refractivity contribution in [3.05, 3.63) is 124 Å². The van der Waals surface area contributed by atoms with Crippen LogP contribution in [0.15, 0.2) is 112 Å². The van der Waals surface area contributed by atoms with E-state index in [1.165, 1.54) is 6.07 Å². The van der Waals surface area contributed by atoms with Crippen molar-refractivity contribution >= 4 is 11.0 Å². The molecular weight excluding hydrogens is 480 g/mol. The fourth-order valence-electron chi connectivity index (χ4n) is 4.08. The number of hydrogen-bond donors (Lipinski definition) is 0. The Balaban J connectivity index is 1.32. The van der Waals surface area contributed by atoms with Gasteiger partial charge in [-0.25, -0.2) is 0 Å². The second kappa shape index (κ2) is 10.8. The van der Waals surface area contributed by atoms with E-state index in [2.05, 4.69) is 0 Å². The molecule has 1 saturated heterocycles. The molecule has 6 rings (SSSR count). The number of hydrogen-bond acceptors (Lipinski definition) is 6. The van der Waals surface area contributed by atoms with Gasteiger partial charge in [0.05, 0.1) is 12.0 Å². The van der Waals surface area contributed by atoms with Gasteiger partial charge in [0.2, 0.25) is 0 Å². The van der Waals surface area contributed by atoms with Crippen LogP contribution in [-0.2, 0) is 18.0 Å². The molecule has 0 bridgehead atoms. The van der Waals surface area contributed by atoms with Crippen molar-refractivity contribution in [1.29, 1.82) is 0 Å². The molecule has 1 fully saturated rings. The molecule has 0 radical (unpaired) electrons. The van der Waals surface area contributed by atoms with E-state index in [4.69, 9.17) is 23.4 Å². The minimum atomic E-state index is -0.138. The van der Waals surface area contributed by atoms with E-state index in [-0.39, 0.29) is 11.5 Å². The summed E-state index contributed by atoms with van der Waals surface area (Å²) in [6.45, 7) is 1.98. The zero-order valence-corrected chi connectivity index (χ0v) is 20.7. The summed E-state index contributed by atoms with van der Waals surface area (Å²) in [6.07, 6.45) is 0.136. The second-order valence-corrected chi connectivity index (χ2v) is 9.14. The zero-order chi connectivity index (χ0) is 25.7. The van der Waals surface area contributed by atoms with Crippen molar-refractivity contribution in [2.75, 3.05) is 13.2 Å². The van der Waals surface area contributed by atoms with E-state index in [1.807, 2.05) is 78.9 Å². The third kappa shape index (κ3) is 5.88. The molecule has 0 N–H and O–H groups in total. The molecule has 0 amide bonds. The second-order valence-electron chi connectivity index (χ2n) is 9.14. The van der Waals surface area contributed by atoms with Crippen molar-refractivity contribution in [3.63, 3.8) is 0 Å². The first-order valence-corrected chi connectivity index (χ1v) is 12.5. The van der Waals surface area contributed by atoms with Crippen LogP contribution in [0.1, 0.15) is 11.1 Å². The van der Waals surface area contributed by atoms with Gasteiger partial charge in [-0.05, 0) is 35.4 Å². The van der Waals surface area contributed by atoms with Gasteiger partial charge >= 0.3 is 0 Å². The molecule has 0 unspecified atom stereocenters. The average Bonchev–Trinajstić information content (AvgIpc) is 3.79. The van der Waals surface area contributed by atoms with Crippen LogP contribution >= 0.6 is 0 Å². The van der Waals surface area contributed by atoms with E-state index in [1.54, 1.807) is 18.2 Å². The van der Waals surface area contributed by atoms with E-state index >= 15 is 0 Å². The molecule has 190 valence electrons. The van der Waals surface area contributed by atoms with Gasteiger partial charge in [0, 0.05) is 23.8 Å². The Kier molecular flexibility index (Phi) is 6.79. The lowest BCUT2D eigenvalue weighted by atomic mass is 10.1. The minimum absolute atomic E-state index is 0.136. The third-order valence-electron chi connectivity index (χ3n) is 6.20. The van der Waals surface area contributed by atoms with Crippen LogP contribution in [0.2, 0.25) is 0 Å². The van der Waals surface area contributed by atoms with Gasteiger partial charge in [0.15, 0.2) is 5.43 Å². The van der Waals surface area contributed by atoms with Gasteiger partial charge in [0.25, 0.3) is 0 Å². The molecule has 5 aromatic rings. The molecule has 6 nitrogen and oxygen atoms in total. The largest absolute Gasteiger partial charge is 0.491 e. The van der Waals surface area contributed by atoms with Crippen molar-refractivity contribution < 1.29 is 23.4 Å². The van der Waals surface area contributed by atoms with Crippen LogP contribution in [0, 0.1) is 0 Å². The van der Waals surface area contributed by atoms with Crippen LogP contribution < -0.4 is 19.6 Å². The van der Waals surface area contributed by atoms with Crippen molar-refractivity contribution in [3.8, 4) is 28.6 Å². The number of fused-ring (bicyclic) bond motifs is 1. The third-order valence-corrected chi connectivity index (χ3v) is 6.20. The predicted molar refractivity (Wildman–Crippen MR) is 145 cm³/mol. The minimum Gasteiger partial charge on any atom is -0.491 e. The molecule has 1 aliphatic rings. The van der Waals surface area contributed by atoms with Gasteiger partial charge < -0.3 is 23.4 Å². The molecular formula is C32H26O6. The maximum Gasteiger partial charge on any atom is 0.193 e. The van der Waals surface area contributed by atoms with Crippen LogP contribution in [0.5, 0.6) is 17.2 Å². The molecule has 1 atom stereocenters. The molecule has 1 aromatic heterocycles. The summed E-state index contributed by atoms with van der Waals surface area (Å²) in [5.41, 5.74) is 3.08. The highest BCUT2D eigenvalue weighted by molar-refractivity contribution is 5.80. The molecule has 1 aliphatic heterocycles. The molecule has 0 aliphatic carbocycles. The summed E-state index contributed by atoms with van der Waals surface area (Å²) in [5.74, 6) is 2.26. The number of epoxide rings is 1. The fourth-order valence-corrected chi connectivity index (χ4v) is 4.08. The van der Waals surface area contributed by atoms with Gasteiger partial charge in [-0.15, -0.1) is 0 Å². The van der Waals surface area contributed by atoms with Gasteiger partial charge in [-0.2, -0.15) is 0 Å². The lowest BCUT2D eigenvalue weighted by Crippen LogP contribution is -2.05. The van der Waals surface area contributed by atoms with Gasteiger partial charge in [-0.1, -0.05) is 60.7 Å². The van der Waals surface area contributed by atoms with Crippen molar-refractivity contribution in [2.24, 2.45) is 0 Å². The molecule has 0 spiro atoms. The summed E-state index contributed by atoms with van der Waals surface area (Å²) >= 11 is 0. The number of rotatable bonds is 10. The molecule has 2 heterocycles. The Morgan fingerprint density at radius 1 is 0.684 bits per heavy atom. The molecule has 38 heavy (non-hydrogen) atoms. The lowest BCUT2D eigenvalue weighted by Gasteiger charge is -2.13. The number of ether oxygens (including phenoxy) is 4. The van der Waals surface area contributed by atoms with Crippen LogP contribution in [0.25, 0.3) is 22.3 Å². The van der Waals surface area contributed by atoms with E-state index in [0.29, 0.717) is 66.0 Å². The highest BCUT2D eigenvalue weighted by Gasteiger charge is 2.23. The lowest BCUT2D eigenvalue weighted by molar-refractivity contribution is 0.263. The predicted octanol–water partition coefficient (Wildman–Crippen LogP) is 6.40. The van der Waals surface area contributed by atoms with E-state index in [0.717, 1.165) is 11.1 Å². The van der Waals surface area contributed by atoms with E-state index < -0.39 is 0 Å². The Morgan fingerprint density at radius 3 is 1.92 bits per heavy atom. The monoisotopic (exact) mass is 506 g/mol. The average molecular weight is 507 g/mol. The van der Waals surface area contributed by atoms with Crippen molar-refractivity contribution in [2.45, 2.75) is 19.3 Å². The maximum atomic E-state index is 13.0. The first-order valence-electron chi connectivity index (χ1n) is 12.5. The Morgan fingerprint density at radius 2 is 1.32 bits per heavy atom. The summed E-state index contributed by atoms with van der Waals surface area (Å²) in [4.78, 5) is 13.0. The highest BCUT2D eigenvalue weighted by Crippen LogP contribution is 2.32. The number of benzene rings is 4. The van der Waals surface area contributed by atoms with E-state index in [9.17, 15) is 4.79 Å². The summed E-state index contributed by atoms with van der Waals surface area (Å²) < 4.78 is 29.4. The highest BCUT2D eigenvalue weighted by atomic mass is 16.6. The van der Waals surface area contributed by atoms with Crippen LogP contribution in [0.4, 0.5) is 0 Å². The SMILES string of the molecule is O=c1cc(-c2cc(OCc3ccccc3)cc(OCc3ccccc3)c2)oc2cc(OC[C@@H]3CO3)ccc12. The van der Waals surface area contributed by atoms with Gasteiger partial charge in [0.1, 0.15) is 54.5 Å². The summed E-state index contributed by atoms with van der Waals surface area (Å²) in [5, 5.41) is 0.487. The molecule has 6 heteroatoms. The fraction of sp³-hybridized carbons (Fsp3) is 0.156. The zero-order valence-electron chi connectivity index (χ0n) is 20.7.